The molecule has 0 saturated heterocycles. The highest BCUT2D eigenvalue weighted by atomic mass is 16.5. The number of aryl methyl sites for hydroxylation is 2. The molecule has 90 valence electrons. The summed E-state index contributed by atoms with van der Waals surface area (Å²) in [6.07, 6.45) is 0.789. The number of furan rings is 1. The largest absolute Gasteiger partial charge is 0.481 e. The van der Waals surface area contributed by atoms with Crippen LogP contribution in [0.5, 0.6) is 5.88 Å². The highest BCUT2D eigenvalue weighted by molar-refractivity contribution is 5.28. The molecule has 0 bridgehead atoms. The Hall–Kier alpha value is -1.81. The van der Waals surface area contributed by atoms with Crippen molar-refractivity contribution < 1.29 is 14.3 Å². The van der Waals surface area contributed by atoms with Crippen LogP contribution in [-0.4, -0.2) is 17.2 Å². The fourth-order valence-corrected chi connectivity index (χ4v) is 1.57. The van der Waals surface area contributed by atoms with Crippen LogP contribution in [0.25, 0.3) is 0 Å². The van der Waals surface area contributed by atoms with E-state index in [4.69, 9.17) is 9.15 Å². The Kier molecular flexibility index (Phi) is 3.15. The van der Waals surface area contributed by atoms with Crippen LogP contribution in [0, 0.1) is 13.8 Å². The van der Waals surface area contributed by atoms with Crippen LogP contribution in [0.3, 0.4) is 0 Å². The second-order valence-corrected chi connectivity index (χ2v) is 3.92. The van der Waals surface area contributed by atoms with E-state index in [9.17, 15) is 5.11 Å². The lowest BCUT2D eigenvalue weighted by molar-refractivity contribution is 0.187. The summed E-state index contributed by atoms with van der Waals surface area (Å²) < 4.78 is 10.4. The SMILES string of the molecule is COc1ccc(C(O)c2cc(C)c(C)o2)cn1. The van der Waals surface area contributed by atoms with Gasteiger partial charge in [0, 0.05) is 17.8 Å². The van der Waals surface area contributed by atoms with E-state index >= 15 is 0 Å². The molecule has 2 aromatic heterocycles. The molecule has 1 unspecified atom stereocenters. The quantitative estimate of drug-likeness (QED) is 0.884. The molecule has 1 N–H and O–H groups in total. The van der Waals surface area contributed by atoms with E-state index in [1.165, 1.54) is 0 Å². The third-order valence-corrected chi connectivity index (χ3v) is 2.74. The van der Waals surface area contributed by atoms with E-state index in [1.807, 2.05) is 19.9 Å². The van der Waals surface area contributed by atoms with E-state index in [2.05, 4.69) is 4.98 Å². The van der Waals surface area contributed by atoms with E-state index < -0.39 is 6.10 Å². The monoisotopic (exact) mass is 233 g/mol. The molecule has 0 amide bonds. The first kappa shape index (κ1) is 11.7. The van der Waals surface area contributed by atoms with Gasteiger partial charge in [0.05, 0.1) is 7.11 Å². The van der Waals surface area contributed by atoms with Crippen molar-refractivity contribution >= 4 is 0 Å². The fraction of sp³-hybridized carbons (Fsp3) is 0.308. The van der Waals surface area contributed by atoms with Gasteiger partial charge in [0.1, 0.15) is 17.6 Å². The van der Waals surface area contributed by atoms with Crippen molar-refractivity contribution in [3.8, 4) is 5.88 Å². The van der Waals surface area contributed by atoms with Gasteiger partial charge in [-0.1, -0.05) is 0 Å². The minimum absolute atomic E-state index is 0.521. The molecule has 0 saturated carbocycles. The lowest BCUT2D eigenvalue weighted by Gasteiger charge is -2.08. The van der Waals surface area contributed by atoms with Gasteiger partial charge in [-0.15, -0.1) is 0 Å². The van der Waals surface area contributed by atoms with Gasteiger partial charge in [-0.25, -0.2) is 4.98 Å². The summed E-state index contributed by atoms with van der Waals surface area (Å²) in [6, 6.07) is 5.31. The molecule has 0 fully saturated rings. The Morgan fingerprint density at radius 3 is 2.59 bits per heavy atom. The van der Waals surface area contributed by atoms with Gasteiger partial charge in [-0.2, -0.15) is 0 Å². The summed E-state index contributed by atoms with van der Waals surface area (Å²) in [5, 5.41) is 10.1. The second-order valence-electron chi connectivity index (χ2n) is 3.92. The maximum absolute atomic E-state index is 10.1. The molecule has 0 aliphatic carbocycles. The van der Waals surface area contributed by atoms with Crippen LogP contribution in [0.15, 0.2) is 28.8 Å². The van der Waals surface area contributed by atoms with E-state index in [-0.39, 0.29) is 0 Å². The lowest BCUT2D eigenvalue weighted by atomic mass is 10.1. The van der Waals surface area contributed by atoms with Crippen molar-refractivity contribution in [1.82, 2.24) is 4.98 Å². The zero-order chi connectivity index (χ0) is 12.4. The topological polar surface area (TPSA) is 55.5 Å². The van der Waals surface area contributed by atoms with Crippen LogP contribution in [0.2, 0.25) is 0 Å². The minimum atomic E-state index is -0.791. The second kappa shape index (κ2) is 4.59. The lowest BCUT2D eigenvalue weighted by Crippen LogP contribution is -1.99. The Bertz CT molecular complexity index is 482. The Labute approximate surface area is 99.9 Å². The van der Waals surface area contributed by atoms with Gasteiger partial charge in [0.25, 0.3) is 0 Å². The van der Waals surface area contributed by atoms with Crippen molar-refractivity contribution in [1.29, 1.82) is 0 Å². The maximum atomic E-state index is 10.1. The van der Waals surface area contributed by atoms with Crippen molar-refractivity contribution in [3.05, 3.63) is 47.0 Å². The smallest absolute Gasteiger partial charge is 0.212 e. The molecule has 2 aromatic rings. The van der Waals surface area contributed by atoms with E-state index in [1.54, 1.807) is 25.4 Å². The van der Waals surface area contributed by atoms with Crippen LogP contribution in [0.4, 0.5) is 0 Å². The number of aliphatic hydroxyl groups is 1. The highest BCUT2D eigenvalue weighted by Gasteiger charge is 2.16. The van der Waals surface area contributed by atoms with Crippen molar-refractivity contribution in [2.24, 2.45) is 0 Å². The molecular weight excluding hydrogens is 218 g/mol. The summed E-state index contributed by atoms with van der Waals surface area (Å²) in [7, 11) is 1.55. The first-order valence-corrected chi connectivity index (χ1v) is 5.36. The molecule has 0 spiro atoms. The third-order valence-electron chi connectivity index (χ3n) is 2.74. The van der Waals surface area contributed by atoms with Crippen LogP contribution in [0.1, 0.15) is 28.8 Å². The molecule has 1 atom stereocenters. The summed E-state index contributed by atoms with van der Waals surface area (Å²) in [5.74, 6) is 1.88. The number of ether oxygens (including phenoxy) is 1. The predicted molar refractivity (Wildman–Crippen MR) is 63.0 cm³/mol. The average Bonchev–Trinajstić information content (AvgIpc) is 2.69. The summed E-state index contributed by atoms with van der Waals surface area (Å²) >= 11 is 0. The normalized spacial score (nSPS) is 12.5. The standard InChI is InChI=1S/C13H15NO3/c1-8-6-11(17-9(8)2)13(15)10-4-5-12(16-3)14-7-10/h4-7,13,15H,1-3H3. The Morgan fingerprint density at radius 2 is 2.12 bits per heavy atom. The number of aliphatic hydroxyl groups excluding tert-OH is 1. The number of hydrogen-bond donors (Lipinski definition) is 1. The molecule has 0 aliphatic heterocycles. The van der Waals surface area contributed by atoms with E-state index in [0.29, 0.717) is 17.2 Å². The maximum Gasteiger partial charge on any atom is 0.212 e. The molecule has 4 heteroatoms. The summed E-state index contributed by atoms with van der Waals surface area (Å²) in [6.45, 7) is 3.82. The molecule has 0 aliphatic rings. The molecule has 2 rings (SSSR count). The minimum Gasteiger partial charge on any atom is -0.481 e. The number of methoxy groups -OCH3 is 1. The van der Waals surface area contributed by atoms with Gasteiger partial charge < -0.3 is 14.3 Å². The number of nitrogens with zero attached hydrogens (tertiary/aromatic N) is 1. The first-order valence-electron chi connectivity index (χ1n) is 5.36. The van der Waals surface area contributed by atoms with Crippen molar-refractivity contribution in [3.63, 3.8) is 0 Å². The first-order chi connectivity index (χ1) is 8.11. The van der Waals surface area contributed by atoms with Gasteiger partial charge >= 0.3 is 0 Å². The highest BCUT2D eigenvalue weighted by Crippen LogP contribution is 2.26. The molecule has 0 radical (unpaired) electrons. The van der Waals surface area contributed by atoms with Crippen molar-refractivity contribution in [2.75, 3.05) is 7.11 Å². The van der Waals surface area contributed by atoms with Gasteiger partial charge in [0.15, 0.2) is 0 Å². The van der Waals surface area contributed by atoms with Crippen molar-refractivity contribution in [2.45, 2.75) is 20.0 Å². The number of pyridine rings is 1. The zero-order valence-electron chi connectivity index (χ0n) is 10.1. The average molecular weight is 233 g/mol. The molecule has 4 nitrogen and oxygen atoms in total. The van der Waals surface area contributed by atoms with Crippen LogP contribution < -0.4 is 4.74 Å². The fourth-order valence-electron chi connectivity index (χ4n) is 1.57. The van der Waals surface area contributed by atoms with Gasteiger partial charge in [0.2, 0.25) is 5.88 Å². The Morgan fingerprint density at radius 1 is 1.35 bits per heavy atom. The van der Waals surface area contributed by atoms with Gasteiger partial charge in [-0.3, -0.25) is 0 Å². The predicted octanol–water partition coefficient (Wildman–Crippen LogP) is 2.38. The molecular formula is C13H15NO3. The molecule has 2 heterocycles. The number of hydrogen-bond acceptors (Lipinski definition) is 4. The van der Waals surface area contributed by atoms with E-state index in [0.717, 1.165) is 11.3 Å². The van der Waals surface area contributed by atoms with Crippen LogP contribution in [-0.2, 0) is 0 Å². The summed E-state index contributed by atoms with van der Waals surface area (Å²) in [4.78, 5) is 4.05. The molecule has 17 heavy (non-hydrogen) atoms. The Balaban J connectivity index is 2.26. The van der Waals surface area contributed by atoms with Crippen LogP contribution >= 0.6 is 0 Å². The number of aromatic nitrogens is 1. The molecule has 0 aromatic carbocycles. The zero-order valence-corrected chi connectivity index (χ0v) is 10.1. The number of rotatable bonds is 3. The summed E-state index contributed by atoms with van der Waals surface area (Å²) in [5.41, 5.74) is 1.71. The third kappa shape index (κ3) is 2.31. The van der Waals surface area contributed by atoms with Gasteiger partial charge in [-0.05, 0) is 31.5 Å².